The number of rotatable bonds is 0. The molecule has 0 radical (unpaired) electrons. The number of halogens is 1. The maximum absolute atomic E-state index is 12.5. The van der Waals surface area contributed by atoms with Crippen LogP contribution in [0.1, 0.15) is 32.1 Å². The SMILES string of the molecule is CN1c2c(Br)cccc2NC(=O)C12CCCCC2. The molecule has 4 heteroatoms. The number of nitrogens with zero attached hydrogens (tertiary/aromatic N) is 1. The minimum atomic E-state index is -0.338. The number of fused-ring (bicyclic) bond motifs is 1. The molecule has 1 saturated carbocycles. The van der Waals surface area contributed by atoms with Crippen LogP contribution in [0.4, 0.5) is 11.4 Å². The van der Waals surface area contributed by atoms with Gasteiger partial charge in [0, 0.05) is 11.5 Å². The van der Waals surface area contributed by atoms with Gasteiger partial charge in [-0.15, -0.1) is 0 Å². The van der Waals surface area contributed by atoms with Crippen molar-refractivity contribution in [1.29, 1.82) is 0 Å². The second-order valence-electron chi connectivity index (χ2n) is 5.24. The molecule has 0 aromatic heterocycles. The summed E-state index contributed by atoms with van der Waals surface area (Å²) in [7, 11) is 2.05. The molecular weight excluding hydrogens is 292 g/mol. The van der Waals surface area contributed by atoms with E-state index in [1.165, 1.54) is 6.42 Å². The Balaban J connectivity index is 2.10. The van der Waals surface area contributed by atoms with E-state index >= 15 is 0 Å². The lowest BCUT2D eigenvalue weighted by molar-refractivity contribution is -0.122. The van der Waals surface area contributed by atoms with Crippen LogP contribution in [0.2, 0.25) is 0 Å². The maximum atomic E-state index is 12.5. The molecule has 3 nitrogen and oxygen atoms in total. The third-order valence-electron chi connectivity index (χ3n) is 4.32. The Morgan fingerprint density at radius 3 is 2.72 bits per heavy atom. The Morgan fingerprint density at radius 2 is 2.00 bits per heavy atom. The molecule has 0 unspecified atom stereocenters. The monoisotopic (exact) mass is 308 g/mol. The van der Waals surface area contributed by atoms with E-state index in [0.29, 0.717) is 0 Å². The van der Waals surface area contributed by atoms with Gasteiger partial charge in [0.2, 0.25) is 5.91 Å². The number of amides is 1. The summed E-state index contributed by atoms with van der Waals surface area (Å²) in [5.74, 6) is 0.162. The van der Waals surface area contributed by atoms with Crippen molar-refractivity contribution in [3.8, 4) is 0 Å². The molecule has 1 aromatic rings. The predicted molar refractivity (Wildman–Crippen MR) is 77.0 cm³/mol. The fourth-order valence-corrected chi connectivity index (χ4v) is 3.89. The van der Waals surface area contributed by atoms with Crippen LogP contribution in [-0.4, -0.2) is 18.5 Å². The number of benzene rings is 1. The molecule has 1 aliphatic carbocycles. The number of hydrogen-bond donors (Lipinski definition) is 1. The smallest absolute Gasteiger partial charge is 0.250 e. The van der Waals surface area contributed by atoms with Gasteiger partial charge in [0.05, 0.1) is 11.4 Å². The van der Waals surface area contributed by atoms with E-state index in [1.807, 2.05) is 25.2 Å². The highest BCUT2D eigenvalue weighted by molar-refractivity contribution is 9.10. The highest BCUT2D eigenvalue weighted by Crippen LogP contribution is 2.45. The van der Waals surface area contributed by atoms with Crippen LogP contribution < -0.4 is 10.2 Å². The van der Waals surface area contributed by atoms with Crippen molar-refractivity contribution in [2.24, 2.45) is 0 Å². The Kier molecular flexibility index (Phi) is 2.85. The summed E-state index contributed by atoms with van der Waals surface area (Å²) in [5.41, 5.74) is 1.68. The van der Waals surface area contributed by atoms with Gasteiger partial charge in [0.15, 0.2) is 0 Å². The molecule has 3 rings (SSSR count). The summed E-state index contributed by atoms with van der Waals surface area (Å²) in [5, 5.41) is 3.08. The van der Waals surface area contributed by atoms with Gasteiger partial charge in [0.1, 0.15) is 5.54 Å². The van der Waals surface area contributed by atoms with Gasteiger partial charge < -0.3 is 10.2 Å². The molecule has 1 fully saturated rings. The van der Waals surface area contributed by atoms with Gasteiger partial charge in [-0.1, -0.05) is 25.3 Å². The first-order chi connectivity index (χ1) is 8.65. The molecule has 1 N–H and O–H groups in total. The van der Waals surface area contributed by atoms with Gasteiger partial charge in [-0.25, -0.2) is 0 Å². The van der Waals surface area contributed by atoms with Gasteiger partial charge in [-0.3, -0.25) is 4.79 Å². The van der Waals surface area contributed by atoms with Crippen LogP contribution in [0, 0.1) is 0 Å². The van der Waals surface area contributed by atoms with E-state index < -0.39 is 0 Å². The van der Waals surface area contributed by atoms with Crippen LogP contribution >= 0.6 is 15.9 Å². The zero-order valence-corrected chi connectivity index (χ0v) is 12.1. The maximum Gasteiger partial charge on any atom is 0.250 e. The number of nitrogens with one attached hydrogen (secondary N) is 1. The standard InChI is InChI=1S/C14H17BrN2O/c1-17-12-10(15)6-5-7-11(12)16-13(18)14(17)8-3-2-4-9-14/h5-7H,2-4,8-9H2,1H3,(H,16,18). The fourth-order valence-electron chi connectivity index (χ4n) is 3.26. The topological polar surface area (TPSA) is 32.3 Å². The molecule has 0 atom stereocenters. The minimum Gasteiger partial charge on any atom is -0.358 e. The molecule has 96 valence electrons. The van der Waals surface area contributed by atoms with Gasteiger partial charge in [0.25, 0.3) is 0 Å². The second kappa shape index (κ2) is 4.26. The summed E-state index contributed by atoms with van der Waals surface area (Å²) in [6.45, 7) is 0. The molecule has 1 aromatic carbocycles. The Bertz CT molecular complexity index is 495. The summed E-state index contributed by atoms with van der Waals surface area (Å²) in [6.07, 6.45) is 5.42. The minimum absolute atomic E-state index is 0.162. The number of carbonyl (C=O) groups excluding carboxylic acids is 1. The van der Waals surface area contributed by atoms with Crippen LogP contribution in [0.15, 0.2) is 22.7 Å². The van der Waals surface area contributed by atoms with Crippen molar-refractivity contribution < 1.29 is 4.79 Å². The lowest BCUT2D eigenvalue weighted by Crippen LogP contribution is -2.59. The zero-order chi connectivity index (χ0) is 12.8. The van der Waals surface area contributed by atoms with E-state index in [9.17, 15) is 4.79 Å². The number of anilines is 2. The summed E-state index contributed by atoms with van der Waals surface area (Å²) in [6, 6.07) is 5.95. The lowest BCUT2D eigenvalue weighted by atomic mass is 9.78. The highest BCUT2D eigenvalue weighted by Gasteiger charge is 2.47. The third-order valence-corrected chi connectivity index (χ3v) is 4.96. The zero-order valence-electron chi connectivity index (χ0n) is 10.5. The Hall–Kier alpha value is -1.03. The molecular formula is C14H17BrN2O. The number of hydrogen-bond acceptors (Lipinski definition) is 2. The predicted octanol–water partition coefficient (Wildman–Crippen LogP) is 3.54. The highest BCUT2D eigenvalue weighted by atomic mass is 79.9. The summed E-state index contributed by atoms with van der Waals surface area (Å²) >= 11 is 3.60. The van der Waals surface area contributed by atoms with E-state index in [4.69, 9.17) is 0 Å². The summed E-state index contributed by atoms with van der Waals surface area (Å²) in [4.78, 5) is 14.7. The van der Waals surface area contributed by atoms with Crippen molar-refractivity contribution in [3.05, 3.63) is 22.7 Å². The lowest BCUT2D eigenvalue weighted by Gasteiger charge is -2.48. The molecule has 0 bridgehead atoms. The Morgan fingerprint density at radius 1 is 1.28 bits per heavy atom. The van der Waals surface area contributed by atoms with Crippen molar-refractivity contribution in [3.63, 3.8) is 0 Å². The molecule has 2 aliphatic rings. The molecule has 1 heterocycles. The Labute approximate surface area is 116 Å². The van der Waals surface area contributed by atoms with E-state index in [1.54, 1.807) is 0 Å². The largest absolute Gasteiger partial charge is 0.358 e. The number of likely N-dealkylation sites (N-methyl/N-ethyl adjacent to an activating group) is 1. The van der Waals surface area contributed by atoms with Crippen LogP contribution in [0.5, 0.6) is 0 Å². The number of carbonyl (C=O) groups is 1. The van der Waals surface area contributed by atoms with E-state index in [0.717, 1.165) is 41.5 Å². The first-order valence-corrected chi connectivity index (χ1v) is 7.28. The normalized spacial score (nSPS) is 21.7. The first kappa shape index (κ1) is 12.0. The summed E-state index contributed by atoms with van der Waals surface area (Å²) < 4.78 is 1.05. The third kappa shape index (κ3) is 1.58. The number of para-hydroxylation sites is 1. The van der Waals surface area contributed by atoms with Gasteiger partial charge in [-0.05, 0) is 40.9 Å². The van der Waals surface area contributed by atoms with Gasteiger partial charge >= 0.3 is 0 Å². The average molecular weight is 309 g/mol. The molecule has 1 spiro atoms. The van der Waals surface area contributed by atoms with E-state index in [-0.39, 0.29) is 11.4 Å². The first-order valence-electron chi connectivity index (χ1n) is 6.49. The van der Waals surface area contributed by atoms with Gasteiger partial charge in [-0.2, -0.15) is 0 Å². The van der Waals surface area contributed by atoms with Crippen LogP contribution in [0.25, 0.3) is 0 Å². The second-order valence-corrected chi connectivity index (χ2v) is 6.10. The van der Waals surface area contributed by atoms with Crippen molar-refractivity contribution >= 4 is 33.2 Å². The molecule has 1 amide bonds. The quantitative estimate of drug-likeness (QED) is 0.795. The van der Waals surface area contributed by atoms with Crippen LogP contribution in [-0.2, 0) is 4.79 Å². The molecule has 0 saturated heterocycles. The van der Waals surface area contributed by atoms with Crippen molar-refractivity contribution in [2.75, 3.05) is 17.3 Å². The van der Waals surface area contributed by atoms with Crippen LogP contribution in [0.3, 0.4) is 0 Å². The van der Waals surface area contributed by atoms with Crippen molar-refractivity contribution in [1.82, 2.24) is 0 Å². The van der Waals surface area contributed by atoms with Crippen molar-refractivity contribution in [2.45, 2.75) is 37.6 Å². The average Bonchev–Trinajstić information content (AvgIpc) is 2.38. The fraction of sp³-hybridized carbons (Fsp3) is 0.500. The molecule has 1 aliphatic heterocycles. The molecule has 18 heavy (non-hydrogen) atoms. The van der Waals surface area contributed by atoms with E-state index in [2.05, 4.69) is 26.1 Å².